The van der Waals surface area contributed by atoms with Gasteiger partial charge in [0.15, 0.2) is 5.69 Å². The van der Waals surface area contributed by atoms with Crippen molar-refractivity contribution in [2.24, 2.45) is 0 Å². The van der Waals surface area contributed by atoms with Crippen LogP contribution in [0.1, 0.15) is 5.69 Å². The lowest BCUT2D eigenvalue weighted by molar-refractivity contribution is -0.141. The fourth-order valence-electron chi connectivity index (χ4n) is 1.47. The van der Waals surface area contributed by atoms with Gasteiger partial charge in [0, 0.05) is 18.8 Å². The SMILES string of the molecule is CN(c1ccccc1)c1nc(Cl)cc(C(F)(F)F)n1. The highest BCUT2D eigenvalue weighted by molar-refractivity contribution is 6.29. The molecule has 0 unspecified atom stereocenters. The number of hydrogen-bond acceptors (Lipinski definition) is 3. The van der Waals surface area contributed by atoms with Gasteiger partial charge >= 0.3 is 6.18 Å². The van der Waals surface area contributed by atoms with Gasteiger partial charge in [0.25, 0.3) is 0 Å². The number of rotatable bonds is 2. The van der Waals surface area contributed by atoms with Crippen molar-refractivity contribution in [2.45, 2.75) is 6.18 Å². The molecular weight excluding hydrogens is 279 g/mol. The third-order valence-corrected chi connectivity index (χ3v) is 2.61. The molecule has 0 aliphatic heterocycles. The summed E-state index contributed by atoms with van der Waals surface area (Å²) >= 11 is 5.61. The average Bonchev–Trinajstić information content (AvgIpc) is 2.37. The van der Waals surface area contributed by atoms with Crippen molar-refractivity contribution in [1.29, 1.82) is 0 Å². The summed E-state index contributed by atoms with van der Waals surface area (Å²) < 4.78 is 37.9. The second-order valence-electron chi connectivity index (χ2n) is 3.77. The van der Waals surface area contributed by atoms with Crippen molar-refractivity contribution in [3.8, 4) is 0 Å². The maximum Gasteiger partial charge on any atom is 0.433 e. The molecule has 3 nitrogen and oxygen atoms in total. The van der Waals surface area contributed by atoms with Gasteiger partial charge in [-0.05, 0) is 12.1 Å². The molecule has 0 amide bonds. The standard InChI is InChI=1S/C12H9ClF3N3/c1-19(8-5-3-2-4-6-8)11-17-9(12(14,15)16)7-10(13)18-11/h2-7H,1H3. The summed E-state index contributed by atoms with van der Waals surface area (Å²) in [6, 6.07) is 9.50. The fraction of sp³-hybridized carbons (Fsp3) is 0.167. The van der Waals surface area contributed by atoms with E-state index in [4.69, 9.17) is 11.6 Å². The molecule has 1 aromatic carbocycles. The molecular formula is C12H9ClF3N3. The zero-order chi connectivity index (χ0) is 14.0. The maximum absolute atomic E-state index is 12.6. The predicted octanol–water partition coefficient (Wildman–Crippen LogP) is 3.92. The zero-order valence-electron chi connectivity index (χ0n) is 9.82. The van der Waals surface area contributed by atoms with E-state index in [1.165, 1.54) is 4.90 Å². The van der Waals surface area contributed by atoms with E-state index in [9.17, 15) is 13.2 Å². The number of benzene rings is 1. The molecule has 0 bridgehead atoms. The van der Waals surface area contributed by atoms with Gasteiger partial charge in [-0.25, -0.2) is 9.97 Å². The maximum atomic E-state index is 12.6. The van der Waals surface area contributed by atoms with Gasteiger partial charge in [-0.2, -0.15) is 13.2 Å². The zero-order valence-corrected chi connectivity index (χ0v) is 10.6. The number of hydrogen-bond donors (Lipinski definition) is 0. The van der Waals surface area contributed by atoms with Crippen molar-refractivity contribution in [3.05, 3.63) is 47.2 Å². The quantitative estimate of drug-likeness (QED) is 0.784. The Labute approximate surface area is 112 Å². The van der Waals surface area contributed by atoms with Crippen molar-refractivity contribution >= 4 is 23.2 Å². The van der Waals surface area contributed by atoms with E-state index >= 15 is 0 Å². The Morgan fingerprint density at radius 2 is 1.74 bits per heavy atom. The van der Waals surface area contributed by atoms with Crippen molar-refractivity contribution in [3.63, 3.8) is 0 Å². The molecule has 100 valence electrons. The minimum Gasteiger partial charge on any atom is -0.314 e. The van der Waals surface area contributed by atoms with E-state index in [-0.39, 0.29) is 11.1 Å². The number of para-hydroxylation sites is 1. The summed E-state index contributed by atoms with van der Waals surface area (Å²) in [5, 5.41) is -0.250. The summed E-state index contributed by atoms with van der Waals surface area (Å²) in [6.07, 6.45) is -4.56. The van der Waals surface area contributed by atoms with E-state index in [2.05, 4.69) is 9.97 Å². The normalized spacial score (nSPS) is 11.4. The van der Waals surface area contributed by atoms with E-state index in [0.29, 0.717) is 11.8 Å². The Morgan fingerprint density at radius 3 is 2.32 bits per heavy atom. The van der Waals surface area contributed by atoms with Crippen molar-refractivity contribution in [1.82, 2.24) is 9.97 Å². The van der Waals surface area contributed by atoms with E-state index in [1.807, 2.05) is 0 Å². The molecule has 1 heterocycles. The topological polar surface area (TPSA) is 29.0 Å². The Hall–Kier alpha value is -1.82. The molecule has 19 heavy (non-hydrogen) atoms. The Morgan fingerprint density at radius 1 is 1.11 bits per heavy atom. The highest BCUT2D eigenvalue weighted by Crippen LogP contribution is 2.31. The molecule has 0 saturated carbocycles. The summed E-state index contributed by atoms with van der Waals surface area (Å²) in [4.78, 5) is 8.72. The van der Waals surface area contributed by atoms with Gasteiger partial charge in [-0.1, -0.05) is 29.8 Å². The largest absolute Gasteiger partial charge is 0.433 e. The number of aromatic nitrogens is 2. The molecule has 0 N–H and O–H groups in total. The van der Waals surface area contributed by atoms with Crippen LogP contribution in [-0.4, -0.2) is 17.0 Å². The summed E-state index contributed by atoms with van der Waals surface area (Å²) in [5.74, 6) is -0.106. The van der Waals surface area contributed by atoms with Gasteiger partial charge in [0.2, 0.25) is 5.95 Å². The lowest BCUT2D eigenvalue weighted by Gasteiger charge is -2.18. The number of anilines is 2. The third kappa shape index (κ3) is 3.14. The van der Waals surface area contributed by atoms with Crippen LogP contribution in [0.5, 0.6) is 0 Å². The van der Waals surface area contributed by atoms with Gasteiger partial charge in [-0.15, -0.1) is 0 Å². The first kappa shape index (κ1) is 13.6. The van der Waals surface area contributed by atoms with Crippen molar-refractivity contribution < 1.29 is 13.2 Å². The highest BCUT2D eigenvalue weighted by atomic mass is 35.5. The molecule has 7 heteroatoms. The average molecular weight is 288 g/mol. The molecule has 0 saturated heterocycles. The second-order valence-corrected chi connectivity index (χ2v) is 4.16. The molecule has 0 spiro atoms. The van der Waals surface area contributed by atoms with Crippen LogP contribution in [0.25, 0.3) is 0 Å². The van der Waals surface area contributed by atoms with Crippen molar-refractivity contribution in [2.75, 3.05) is 11.9 Å². The van der Waals surface area contributed by atoms with E-state index < -0.39 is 11.9 Å². The van der Waals surface area contributed by atoms with Crippen LogP contribution in [0, 0.1) is 0 Å². The first-order valence-corrected chi connectivity index (χ1v) is 5.66. The Bertz CT molecular complexity index is 572. The Balaban J connectivity index is 2.43. The van der Waals surface area contributed by atoms with Gasteiger partial charge in [-0.3, -0.25) is 0 Å². The van der Waals surface area contributed by atoms with Crippen LogP contribution >= 0.6 is 11.6 Å². The van der Waals surface area contributed by atoms with Gasteiger partial charge < -0.3 is 4.90 Å². The lowest BCUT2D eigenvalue weighted by atomic mass is 10.3. The Kier molecular flexibility index (Phi) is 3.61. The van der Waals surface area contributed by atoms with Crippen LogP contribution in [0.2, 0.25) is 5.15 Å². The monoisotopic (exact) mass is 287 g/mol. The second kappa shape index (κ2) is 5.05. The molecule has 2 aromatic rings. The summed E-state index contributed by atoms with van der Waals surface area (Å²) in [5.41, 5.74) is -0.400. The predicted molar refractivity (Wildman–Crippen MR) is 66.5 cm³/mol. The first-order chi connectivity index (χ1) is 8.88. The number of halogens is 4. The molecule has 2 rings (SSSR count). The van der Waals surface area contributed by atoms with Crippen LogP contribution in [0.3, 0.4) is 0 Å². The first-order valence-electron chi connectivity index (χ1n) is 5.28. The molecule has 1 aromatic heterocycles. The van der Waals surface area contributed by atoms with Crippen LogP contribution in [-0.2, 0) is 6.18 Å². The lowest BCUT2D eigenvalue weighted by Crippen LogP contribution is -2.17. The molecule has 0 aliphatic rings. The van der Waals surface area contributed by atoms with Crippen LogP contribution < -0.4 is 4.90 Å². The van der Waals surface area contributed by atoms with E-state index in [1.54, 1.807) is 37.4 Å². The summed E-state index contributed by atoms with van der Waals surface area (Å²) in [6.45, 7) is 0. The summed E-state index contributed by atoms with van der Waals surface area (Å²) in [7, 11) is 1.57. The highest BCUT2D eigenvalue weighted by Gasteiger charge is 2.34. The molecule has 0 fully saturated rings. The number of nitrogens with zero attached hydrogens (tertiary/aromatic N) is 3. The van der Waals surface area contributed by atoms with E-state index in [0.717, 1.165) is 0 Å². The van der Waals surface area contributed by atoms with Crippen LogP contribution in [0.15, 0.2) is 36.4 Å². The minimum atomic E-state index is -4.56. The van der Waals surface area contributed by atoms with Gasteiger partial charge in [0.1, 0.15) is 5.15 Å². The molecule has 0 atom stereocenters. The van der Waals surface area contributed by atoms with Gasteiger partial charge in [0.05, 0.1) is 0 Å². The smallest absolute Gasteiger partial charge is 0.314 e. The fourth-order valence-corrected chi connectivity index (χ4v) is 1.65. The minimum absolute atomic E-state index is 0.106. The molecule has 0 aliphatic carbocycles. The number of alkyl halides is 3. The third-order valence-electron chi connectivity index (χ3n) is 2.42. The molecule has 0 radical (unpaired) electrons. The van der Waals surface area contributed by atoms with Crippen LogP contribution in [0.4, 0.5) is 24.8 Å².